The Bertz CT molecular complexity index is 128. The zero-order valence-corrected chi connectivity index (χ0v) is 5.67. The summed E-state index contributed by atoms with van der Waals surface area (Å²) in [4.78, 5) is 0. The normalized spacial score (nSPS) is 36.6. The number of hydrogen-bond donors (Lipinski definition) is 1. The van der Waals surface area contributed by atoms with Crippen molar-refractivity contribution >= 4 is 0 Å². The third-order valence-corrected chi connectivity index (χ3v) is 2.10. The molecule has 2 heteroatoms. The summed E-state index contributed by atoms with van der Waals surface area (Å²) in [5.41, 5.74) is 5.61. The number of nitrogens with zero attached hydrogens (tertiary/aromatic N) is 1. The highest BCUT2D eigenvalue weighted by molar-refractivity contribution is 4.96. The number of hydrogen-bond acceptors (Lipinski definition) is 2. The van der Waals surface area contributed by atoms with Gasteiger partial charge in [-0.2, -0.15) is 5.26 Å². The number of nitriles is 1. The third-order valence-electron chi connectivity index (χ3n) is 2.10. The van der Waals surface area contributed by atoms with Gasteiger partial charge in [-0.1, -0.05) is 0 Å². The van der Waals surface area contributed by atoms with E-state index in [1.807, 2.05) is 6.92 Å². The average Bonchev–Trinajstić information content (AvgIpc) is 1.61. The predicted octanol–water partition coefficient (Wildman–Crippen LogP) is 0.883. The van der Waals surface area contributed by atoms with Crippen molar-refractivity contribution in [3.8, 4) is 6.07 Å². The first kappa shape index (κ1) is 6.57. The van der Waals surface area contributed by atoms with E-state index in [0.717, 1.165) is 12.8 Å². The van der Waals surface area contributed by atoms with E-state index in [1.54, 1.807) is 0 Å². The molecule has 2 N–H and O–H groups in total. The zero-order chi connectivity index (χ0) is 6.85. The average molecular weight is 124 g/mol. The monoisotopic (exact) mass is 124 g/mol. The smallest absolute Gasteiger partial charge is 0.0656 e. The molecule has 0 aromatic heterocycles. The van der Waals surface area contributed by atoms with Crippen LogP contribution >= 0.6 is 0 Å². The minimum absolute atomic E-state index is 0.287. The molecule has 1 saturated carbocycles. The zero-order valence-electron chi connectivity index (χ0n) is 5.67. The molecule has 0 amide bonds. The highest BCUT2D eigenvalue weighted by atomic mass is 14.6. The molecule has 0 aromatic carbocycles. The van der Waals surface area contributed by atoms with Crippen molar-refractivity contribution in [3.05, 3.63) is 0 Å². The van der Waals surface area contributed by atoms with E-state index in [0.29, 0.717) is 11.8 Å². The first-order valence-corrected chi connectivity index (χ1v) is 3.39. The van der Waals surface area contributed by atoms with E-state index in [-0.39, 0.29) is 6.04 Å². The van der Waals surface area contributed by atoms with Crippen LogP contribution in [0, 0.1) is 23.2 Å². The van der Waals surface area contributed by atoms with Crippen LogP contribution in [0.25, 0.3) is 0 Å². The van der Waals surface area contributed by atoms with E-state index in [1.165, 1.54) is 0 Å². The van der Waals surface area contributed by atoms with Gasteiger partial charge in [-0.15, -0.1) is 0 Å². The largest absolute Gasteiger partial charge is 0.328 e. The van der Waals surface area contributed by atoms with Gasteiger partial charge < -0.3 is 5.73 Å². The molecule has 1 fully saturated rings. The molecule has 0 aliphatic heterocycles. The third kappa shape index (κ3) is 1.22. The second-order valence-electron chi connectivity index (χ2n) is 2.92. The van der Waals surface area contributed by atoms with Crippen molar-refractivity contribution in [1.82, 2.24) is 0 Å². The summed E-state index contributed by atoms with van der Waals surface area (Å²) in [6, 6.07) is 2.52. The van der Waals surface area contributed by atoms with E-state index < -0.39 is 0 Å². The van der Waals surface area contributed by atoms with E-state index in [2.05, 4.69) is 6.07 Å². The second-order valence-corrected chi connectivity index (χ2v) is 2.92. The van der Waals surface area contributed by atoms with Gasteiger partial charge in [-0.05, 0) is 25.7 Å². The molecule has 1 aliphatic carbocycles. The van der Waals surface area contributed by atoms with Gasteiger partial charge in [0.1, 0.15) is 0 Å². The summed E-state index contributed by atoms with van der Waals surface area (Å²) in [7, 11) is 0. The van der Waals surface area contributed by atoms with Crippen molar-refractivity contribution < 1.29 is 0 Å². The fourth-order valence-corrected chi connectivity index (χ4v) is 1.20. The Labute approximate surface area is 55.7 Å². The number of nitrogens with two attached hydrogens (primary N) is 1. The van der Waals surface area contributed by atoms with Crippen LogP contribution in [-0.2, 0) is 0 Å². The van der Waals surface area contributed by atoms with E-state index in [9.17, 15) is 0 Å². The topological polar surface area (TPSA) is 49.8 Å². The van der Waals surface area contributed by atoms with Crippen LogP contribution in [0.2, 0.25) is 0 Å². The van der Waals surface area contributed by atoms with Crippen molar-refractivity contribution in [3.63, 3.8) is 0 Å². The van der Waals surface area contributed by atoms with Crippen LogP contribution in [-0.4, -0.2) is 6.04 Å². The molecule has 0 radical (unpaired) electrons. The maximum absolute atomic E-state index is 8.39. The van der Waals surface area contributed by atoms with Crippen molar-refractivity contribution in [2.24, 2.45) is 17.6 Å². The molecule has 1 rings (SSSR count). The number of rotatable bonds is 1. The summed E-state index contributed by atoms with van der Waals surface area (Å²) in [6.45, 7) is 2.01. The van der Waals surface area contributed by atoms with Gasteiger partial charge in [0.05, 0.1) is 6.07 Å². The van der Waals surface area contributed by atoms with Crippen molar-refractivity contribution in [2.75, 3.05) is 0 Å². The minimum Gasteiger partial charge on any atom is -0.328 e. The molecule has 50 valence electrons. The quantitative estimate of drug-likeness (QED) is 0.564. The van der Waals surface area contributed by atoms with Gasteiger partial charge in [-0.3, -0.25) is 0 Å². The van der Waals surface area contributed by atoms with Gasteiger partial charge in [0.2, 0.25) is 0 Å². The molecule has 1 unspecified atom stereocenters. The van der Waals surface area contributed by atoms with Crippen molar-refractivity contribution in [1.29, 1.82) is 5.26 Å². The van der Waals surface area contributed by atoms with Gasteiger partial charge in [0, 0.05) is 12.0 Å². The lowest BCUT2D eigenvalue weighted by molar-refractivity contribution is 0.214. The van der Waals surface area contributed by atoms with Crippen LogP contribution in [0.1, 0.15) is 19.8 Å². The summed E-state index contributed by atoms with van der Waals surface area (Å²) in [5, 5.41) is 8.39. The molecule has 1 aliphatic rings. The highest BCUT2D eigenvalue weighted by Gasteiger charge is 2.30. The summed E-state index contributed by atoms with van der Waals surface area (Å²) < 4.78 is 0. The molecule has 0 heterocycles. The van der Waals surface area contributed by atoms with Crippen LogP contribution in [0.4, 0.5) is 0 Å². The Morgan fingerprint density at radius 1 is 1.67 bits per heavy atom. The first-order valence-electron chi connectivity index (χ1n) is 3.39. The summed E-state index contributed by atoms with van der Waals surface area (Å²) >= 11 is 0. The lowest BCUT2D eigenvalue weighted by atomic mass is 9.72. The van der Waals surface area contributed by atoms with Gasteiger partial charge in [0.25, 0.3) is 0 Å². The highest BCUT2D eigenvalue weighted by Crippen LogP contribution is 2.34. The van der Waals surface area contributed by atoms with E-state index >= 15 is 0 Å². The molecular formula is C7H12N2. The fourth-order valence-electron chi connectivity index (χ4n) is 1.20. The van der Waals surface area contributed by atoms with Crippen LogP contribution in [0.3, 0.4) is 0 Å². The van der Waals surface area contributed by atoms with Gasteiger partial charge >= 0.3 is 0 Å². The summed E-state index contributed by atoms with van der Waals surface area (Å²) in [5.74, 6) is 0.927. The molecule has 9 heavy (non-hydrogen) atoms. The molecule has 0 aromatic rings. The van der Waals surface area contributed by atoms with Crippen molar-refractivity contribution in [2.45, 2.75) is 25.8 Å². The molecular weight excluding hydrogens is 112 g/mol. The first-order chi connectivity index (χ1) is 4.24. The molecule has 0 saturated heterocycles. The Kier molecular flexibility index (Phi) is 1.73. The maximum atomic E-state index is 8.39. The molecule has 0 spiro atoms. The molecule has 0 bridgehead atoms. The fraction of sp³-hybridized carbons (Fsp3) is 0.857. The lowest BCUT2D eigenvalue weighted by Gasteiger charge is -2.33. The van der Waals surface area contributed by atoms with Crippen LogP contribution in [0.15, 0.2) is 0 Å². The molecule has 2 nitrogen and oxygen atoms in total. The van der Waals surface area contributed by atoms with Crippen LogP contribution in [0.5, 0.6) is 0 Å². The summed E-state index contributed by atoms with van der Waals surface area (Å²) in [6.07, 6.45) is 2.04. The Hall–Kier alpha value is -0.550. The standard InChI is InChI=1S/C7H12N2/c1-5(9)7-2-6(3-7)4-8/h5-7H,2-3,9H2,1H3/t5?,6-,7-. The lowest BCUT2D eigenvalue weighted by Crippen LogP contribution is -2.36. The van der Waals surface area contributed by atoms with E-state index in [4.69, 9.17) is 11.0 Å². The Balaban J connectivity index is 2.21. The van der Waals surface area contributed by atoms with Crippen LogP contribution < -0.4 is 5.73 Å². The van der Waals surface area contributed by atoms with Gasteiger partial charge in [-0.25, -0.2) is 0 Å². The second kappa shape index (κ2) is 2.36. The Morgan fingerprint density at radius 3 is 2.56 bits per heavy atom. The predicted molar refractivity (Wildman–Crippen MR) is 35.5 cm³/mol. The minimum atomic E-state index is 0.287. The SMILES string of the molecule is CC(N)[C@H]1C[C@H](C#N)C1. The Morgan fingerprint density at radius 2 is 2.22 bits per heavy atom. The maximum Gasteiger partial charge on any atom is 0.0656 e. The van der Waals surface area contributed by atoms with Gasteiger partial charge in [0.15, 0.2) is 0 Å². The molecule has 1 atom stereocenters.